The van der Waals surface area contributed by atoms with Crippen molar-refractivity contribution in [1.29, 1.82) is 0 Å². The average Bonchev–Trinajstić information content (AvgIpc) is 2.36. The number of nitrogens with zero attached hydrogens (tertiary/aromatic N) is 1. The molecule has 0 radical (unpaired) electrons. The Morgan fingerprint density at radius 1 is 1.42 bits per heavy atom. The molecule has 0 aromatic carbocycles. The number of rotatable bonds is 5. The van der Waals surface area contributed by atoms with Crippen LogP contribution in [-0.4, -0.2) is 48.1 Å². The lowest BCUT2D eigenvalue weighted by Crippen LogP contribution is -2.53. The maximum absolute atomic E-state index is 11.7. The molecule has 1 saturated heterocycles. The fourth-order valence-corrected chi connectivity index (χ4v) is 2.98. The number of hydrogen-bond acceptors (Lipinski definition) is 4. The molecule has 1 fully saturated rings. The van der Waals surface area contributed by atoms with Gasteiger partial charge in [-0.1, -0.05) is 32.7 Å². The minimum absolute atomic E-state index is 0.0173. The Bertz CT molecular complexity index is 299. The first-order chi connectivity index (χ1) is 8.93. The molecule has 0 aromatic heterocycles. The summed E-state index contributed by atoms with van der Waals surface area (Å²) in [7, 11) is 0. The summed E-state index contributed by atoms with van der Waals surface area (Å²) < 4.78 is 2.33. The van der Waals surface area contributed by atoms with Crippen LogP contribution in [-0.2, 0) is 4.79 Å². The molecule has 19 heavy (non-hydrogen) atoms. The number of hydrogen-bond donors (Lipinski definition) is 2. The molecule has 1 heterocycles. The summed E-state index contributed by atoms with van der Waals surface area (Å²) in [6, 6.07) is -0.209. The van der Waals surface area contributed by atoms with Gasteiger partial charge in [0.15, 0.2) is 0 Å². The maximum Gasteiger partial charge on any atom is 0.315 e. The standard InChI is InChI=1S/C13H25N3O2S/c1-13(2,3)11(15-12(18)14-6-8-17)10-16-7-4-5-9-19-16/h8,11H,4-7,9-10H2,1-3H3,(H2,14,15,18). The number of aldehydes is 1. The first kappa shape index (κ1) is 16.3. The molecule has 1 unspecified atom stereocenters. The summed E-state index contributed by atoms with van der Waals surface area (Å²) in [6.07, 6.45) is 3.18. The summed E-state index contributed by atoms with van der Waals surface area (Å²) in [4.78, 5) is 21.9. The molecular formula is C13H25N3O2S. The van der Waals surface area contributed by atoms with Crippen molar-refractivity contribution < 1.29 is 9.59 Å². The van der Waals surface area contributed by atoms with Crippen LogP contribution in [0.15, 0.2) is 0 Å². The van der Waals surface area contributed by atoms with Gasteiger partial charge in [0.05, 0.1) is 6.54 Å². The van der Waals surface area contributed by atoms with Crippen LogP contribution in [0.4, 0.5) is 4.79 Å². The zero-order valence-corrected chi connectivity index (χ0v) is 12.9. The van der Waals surface area contributed by atoms with E-state index in [1.54, 1.807) is 0 Å². The summed E-state index contributed by atoms with van der Waals surface area (Å²) >= 11 is 1.86. The second-order valence-corrected chi connectivity index (χ2v) is 7.05. The van der Waals surface area contributed by atoms with Crippen molar-refractivity contribution in [2.45, 2.75) is 39.7 Å². The minimum Gasteiger partial charge on any atom is -0.334 e. The third-order valence-electron chi connectivity index (χ3n) is 3.16. The predicted octanol–water partition coefficient (Wildman–Crippen LogP) is 1.64. The average molecular weight is 287 g/mol. The molecule has 1 aliphatic heterocycles. The molecule has 0 spiro atoms. The molecule has 0 aliphatic carbocycles. The third-order valence-corrected chi connectivity index (χ3v) is 4.33. The lowest BCUT2D eigenvalue weighted by atomic mass is 9.86. The van der Waals surface area contributed by atoms with Crippen molar-refractivity contribution in [3.8, 4) is 0 Å². The first-order valence-electron chi connectivity index (χ1n) is 6.79. The summed E-state index contributed by atoms with van der Waals surface area (Å²) in [5.41, 5.74) is -0.0173. The second kappa shape index (κ2) is 7.75. The normalized spacial score (nSPS) is 18.7. The molecule has 1 rings (SSSR count). The summed E-state index contributed by atoms with van der Waals surface area (Å²) in [5.74, 6) is 1.16. The zero-order valence-electron chi connectivity index (χ0n) is 12.1. The number of urea groups is 1. The van der Waals surface area contributed by atoms with Gasteiger partial charge in [0.2, 0.25) is 0 Å². The van der Waals surface area contributed by atoms with Crippen molar-refractivity contribution in [2.75, 3.05) is 25.4 Å². The Labute approximate surface area is 120 Å². The van der Waals surface area contributed by atoms with Crippen LogP contribution in [0.5, 0.6) is 0 Å². The van der Waals surface area contributed by atoms with Crippen LogP contribution >= 0.6 is 11.9 Å². The van der Waals surface area contributed by atoms with Crippen LogP contribution in [0, 0.1) is 5.41 Å². The highest BCUT2D eigenvalue weighted by atomic mass is 32.2. The monoisotopic (exact) mass is 287 g/mol. The quantitative estimate of drug-likeness (QED) is 0.596. The molecule has 110 valence electrons. The largest absolute Gasteiger partial charge is 0.334 e. The van der Waals surface area contributed by atoms with Gasteiger partial charge in [-0.25, -0.2) is 9.10 Å². The van der Waals surface area contributed by atoms with E-state index >= 15 is 0 Å². The molecule has 0 saturated carbocycles. The van der Waals surface area contributed by atoms with Crippen molar-refractivity contribution >= 4 is 24.3 Å². The molecular weight excluding hydrogens is 262 g/mol. The topological polar surface area (TPSA) is 61.4 Å². The van der Waals surface area contributed by atoms with Crippen molar-refractivity contribution in [2.24, 2.45) is 5.41 Å². The van der Waals surface area contributed by atoms with E-state index in [1.807, 2.05) is 11.9 Å². The van der Waals surface area contributed by atoms with Gasteiger partial charge in [-0.2, -0.15) is 0 Å². The van der Waals surface area contributed by atoms with Crippen molar-refractivity contribution in [1.82, 2.24) is 14.9 Å². The molecule has 6 heteroatoms. The molecule has 2 amide bonds. The van der Waals surface area contributed by atoms with E-state index in [2.05, 4.69) is 35.7 Å². The minimum atomic E-state index is -0.269. The molecule has 1 aliphatic rings. The van der Waals surface area contributed by atoms with E-state index < -0.39 is 0 Å². The summed E-state index contributed by atoms with van der Waals surface area (Å²) in [6.45, 7) is 8.32. The highest BCUT2D eigenvalue weighted by Crippen LogP contribution is 2.25. The van der Waals surface area contributed by atoms with Crippen LogP contribution < -0.4 is 10.6 Å². The van der Waals surface area contributed by atoms with Gasteiger partial charge in [-0.3, -0.25) is 0 Å². The van der Waals surface area contributed by atoms with Gasteiger partial charge < -0.3 is 15.4 Å². The van der Waals surface area contributed by atoms with Crippen LogP contribution in [0.1, 0.15) is 33.6 Å². The Balaban J connectivity index is 2.51. The molecule has 1 atom stereocenters. The summed E-state index contributed by atoms with van der Waals surface area (Å²) in [5, 5.41) is 5.50. The second-order valence-electron chi connectivity index (χ2n) is 5.87. The van der Waals surface area contributed by atoms with Gasteiger partial charge in [-0.15, -0.1) is 0 Å². The van der Waals surface area contributed by atoms with Crippen molar-refractivity contribution in [3.05, 3.63) is 0 Å². The first-order valence-corrected chi connectivity index (χ1v) is 7.73. The number of nitrogens with one attached hydrogen (secondary N) is 2. The fourth-order valence-electron chi connectivity index (χ4n) is 1.88. The van der Waals surface area contributed by atoms with Gasteiger partial charge in [0.1, 0.15) is 6.29 Å². The lowest BCUT2D eigenvalue weighted by Gasteiger charge is -2.36. The Morgan fingerprint density at radius 2 is 2.16 bits per heavy atom. The molecule has 2 N–H and O–H groups in total. The van der Waals surface area contributed by atoms with E-state index in [1.165, 1.54) is 12.8 Å². The molecule has 5 nitrogen and oxygen atoms in total. The molecule has 0 bridgehead atoms. The van der Waals surface area contributed by atoms with Crippen molar-refractivity contribution in [3.63, 3.8) is 0 Å². The number of carbonyl (C=O) groups is 2. The Morgan fingerprint density at radius 3 is 2.68 bits per heavy atom. The van der Waals surface area contributed by atoms with E-state index in [0.29, 0.717) is 6.29 Å². The fraction of sp³-hybridized carbons (Fsp3) is 0.846. The van der Waals surface area contributed by atoms with Gasteiger partial charge in [0.25, 0.3) is 0 Å². The van der Waals surface area contributed by atoms with E-state index in [4.69, 9.17) is 0 Å². The maximum atomic E-state index is 11.7. The van der Waals surface area contributed by atoms with Crippen LogP contribution in [0.3, 0.4) is 0 Å². The number of carbonyl (C=O) groups excluding carboxylic acids is 2. The van der Waals surface area contributed by atoms with Gasteiger partial charge in [0, 0.05) is 24.9 Å². The highest BCUT2D eigenvalue weighted by Gasteiger charge is 2.28. The lowest BCUT2D eigenvalue weighted by molar-refractivity contribution is -0.107. The zero-order chi connectivity index (χ0) is 14.3. The SMILES string of the molecule is CC(C)(C)C(CN1CCCCS1)NC(=O)NCC=O. The number of amides is 2. The van der Waals surface area contributed by atoms with Gasteiger partial charge in [-0.05, 0) is 18.3 Å². The third kappa shape index (κ3) is 6.29. The smallest absolute Gasteiger partial charge is 0.315 e. The Kier molecular flexibility index (Phi) is 6.65. The van der Waals surface area contributed by atoms with E-state index in [-0.39, 0.29) is 24.0 Å². The van der Waals surface area contributed by atoms with Gasteiger partial charge >= 0.3 is 6.03 Å². The van der Waals surface area contributed by atoms with Crippen LogP contribution in [0.2, 0.25) is 0 Å². The predicted molar refractivity (Wildman–Crippen MR) is 79.1 cm³/mol. The van der Waals surface area contributed by atoms with Crippen LogP contribution in [0.25, 0.3) is 0 Å². The van der Waals surface area contributed by atoms with E-state index in [9.17, 15) is 9.59 Å². The molecule has 0 aromatic rings. The van der Waals surface area contributed by atoms with E-state index in [0.717, 1.165) is 18.8 Å². The highest BCUT2D eigenvalue weighted by molar-refractivity contribution is 7.97. The Hall–Kier alpha value is -0.750.